The van der Waals surface area contributed by atoms with Gasteiger partial charge in [-0.05, 0) is 55.2 Å². The second-order valence-corrected chi connectivity index (χ2v) is 8.58. The zero-order chi connectivity index (χ0) is 23.5. The van der Waals surface area contributed by atoms with Crippen molar-refractivity contribution in [3.63, 3.8) is 0 Å². The van der Waals surface area contributed by atoms with E-state index in [1.807, 2.05) is 30.3 Å². The summed E-state index contributed by atoms with van der Waals surface area (Å²) in [5, 5.41) is 2.93. The van der Waals surface area contributed by atoms with Crippen LogP contribution in [0.3, 0.4) is 0 Å². The van der Waals surface area contributed by atoms with E-state index in [0.29, 0.717) is 30.0 Å². The second-order valence-electron chi connectivity index (χ2n) is 8.15. The van der Waals surface area contributed by atoms with E-state index in [0.717, 1.165) is 5.56 Å². The van der Waals surface area contributed by atoms with Crippen molar-refractivity contribution in [2.24, 2.45) is 5.92 Å². The van der Waals surface area contributed by atoms with Gasteiger partial charge in [-0.1, -0.05) is 54.1 Å². The van der Waals surface area contributed by atoms with E-state index in [9.17, 15) is 18.4 Å². The van der Waals surface area contributed by atoms with Crippen molar-refractivity contribution in [2.45, 2.75) is 25.8 Å². The van der Waals surface area contributed by atoms with Gasteiger partial charge in [0.2, 0.25) is 5.91 Å². The molecule has 0 unspecified atom stereocenters. The molecule has 2 atom stereocenters. The minimum atomic E-state index is -0.657. The molecule has 0 spiro atoms. The highest BCUT2D eigenvalue weighted by Crippen LogP contribution is 2.38. The van der Waals surface area contributed by atoms with E-state index >= 15 is 0 Å². The van der Waals surface area contributed by atoms with E-state index in [1.54, 1.807) is 24.0 Å². The Morgan fingerprint density at radius 1 is 1.00 bits per heavy atom. The van der Waals surface area contributed by atoms with Crippen LogP contribution in [-0.4, -0.2) is 23.3 Å². The number of aryl methyl sites for hydroxylation is 1. The normalized spacial score (nSPS) is 18.1. The summed E-state index contributed by atoms with van der Waals surface area (Å²) >= 11 is 5.97. The second kappa shape index (κ2) is 9.71. The average molecular weight is 469 g/mol. The number of piperidine rings is 1. The van der Waals surface area contributed by atoms with Crippen LogP contribution in [0, 0.1) is 24.5 Å². The molecule has 170 valence electrons. The Balaban J connectivity index is 1.72. The molecule has 2 amide bonds. The largest absolute Gasteiger partial charge is 0.331 e. The maximum Gasteiger partial charge on any atom is 0.257 e. The number of amides is 2. The van der Waals surface area contributed by atoms with Gasteiger partial charge in [0, 0.05) is 11.6 Å². The van der Waals surface area contributed by atoms with Gasteiger partial charge in [0.1, 0.15) is 11.6 Å². The smallest absolute Gasteiger partial charge is 0.257 e. The fraction of sp³-hybridized carbons (Fsp3) is 0.231. The maximum atomic E-state index is 14.6. The van der Waals surface area contributed by atoms with Crippen LogP contribution >= 0.6 is 11.6 Å². The van der Waals surface area contributed by atoms with E-state index in [-0.39, 0.29) is 11.3 Å². The zero-order valence-electron chi connectivity index (χ0n) is 18.0. The Kier molecular flexibility index (Phi) is 6.75. The molecule has 0 radical (unpaired) electrons. The summed E-state index contributed by atoms with van der Waals surface area (Å²) in [5.74, 6) is -2.75. The van der Waals surface area contributed by atoms with Crippen LogP contribution in [0.4, 0.5) is 14.5 Å². The van der Waals surface area contributed by atoms with Gasteiger partial charge >= 0.3 is 0 Å². The first-order valence-electron chi connectivity index (χ1n) is 10.7. The molecule has 1 aliphatic heterocycles. The quantitative estimate of drug-likeness (QED) is 0.498. The van der Waals surface area contributed by atoms with Crippen molar-refractivity contribution < 1.29 is 18.4 Å². The summed E-state index contributed by atoms with van der Waals surface area (Å²) in [7, 11) is 0. The minimum Gasteiger partial charge on any atom is -0.331 e. The fourth-order valence-corrected chi connectivity index (χ4v) is 4.60. The topological polar surface area (TPSA) is 49.4 Å². The van der Waals surface area contributed by atoms with Crippen molar-refractivity contribution in [2.75, 3.05) is 11.9 Å². The molecule has 0 bridgehead atoms. The molecule has 1 aliphatic rings. The zero-order valence-corrected chi connectivity index (χ0v) is 18.8. The number of benzene rings is 3. The lowest BCUT2D eigenvalue weighted by Crippen LogP contribution is -2.46. The van der Waals surface area contributed by atoms with Gasteiger partial charge in [0.25, 0.3) is 5.91 Å². The number of carbonyl (C=O) groups is 2. The number of halogens is 3. The molecule has 3 aromatic carbocycles. The average Bonchev–Trinajstić information content (AvgIpc) is 2.81. The third-order valence-corrected chi connectivity index (χ3v) is 6.23. The van der Waals surface area contributed by atoms with Crippen molar-refractivity contribution in [1.82, 2.24) is 4.90 Å². The molecule has 3 aromatic rings. The van der Waals surface area contributed by atoms with Crippen molar-refractivity contribution >= 4 is 29.1 Å². The van der Waals surface area contributed by atoms with Gasteiger partial charge in [-0.25, -0.2) is 8.78 Å². The predicted molar refractivity (Wildman–Crippen MR) is 124 cm³/mol. The van der Waals surface area contributed by atoms with Crippen LogP contribution in [0.1, 0.15) is 40.4 Å². The van der Waals surface area contributed by atoms with Crippen LogP contribution in [0.5, 0.6) is 0 Å². The molecule has 1 N–H and O–H groups in total. The molecular formula is C26H23ClF2N2O2. The number of likely N-dealkylation sites (tertiary alicyclic amines) is 1. The van der Waals surface area contributed by atoms with E-state index < -0.39 is 35.4 Å². The maximum absolute atomic E-state index is 14.6. The molecular weight excluding hydrogens is 446 g/mol. The van der Waals surface area contributed by atoms with E-state index in [1.165, 1.54) is 24.3 Å². The van der Waals surface area contributed by atoms with Gasteiger partial charge in [-0.3, -0.25) is 9.59 Å². The predicted octanol–water partition coefficient (Wildman–Crippen LogP) is 6.16. The molecule has 7 heteroatoms. The van der Waals surface area contributed by atoms with Gasteiger partial charge in [-0.15, -0.1) is 0 Å². The lowest BCUT2D eigenvalue weighted by Gasteiger charge is -2.41. The first-order chi connectivity index (χ1) is 15.9. The lowest BCUT2D eigenvalue weighted by atomic mass is 9.83. The number of hydrogen-bond donors (Lipinski definition) is 1. The van der Waals surface area contributed by atoms with E-state index in [4.69, 9.17) is 11.6 Å². The summed E-state index contributed by atoms with van der Waals surface area (Å²) < 4.78 is 28.9. The van der Waals surface area contributed by atoms with Crippen molar-refractivity contribution in [3.05, 3.63) is 100 Å². The summed E-state index contributed by atoms with van der Waals surface area (Å²) in [4.78, 5) is 28.4. The molecule has 0 aliphatic carbocycles. The Hall–Kier alpha value is -3.25. The Morgan fingerprint density at radius 3 is 2.48 bits per heavy atom. The van der Waals surface area contributed by atoms with Gasteiger partial charge < -0.3 is 10.2 Å². The van der Waals surface area contributed by atoms with E-state index in [2.05, 4.69) is 5.32 Å². The first-order valence-corrected chi connectivity index (χ1v) is 11.1. The van der Waals surface area contributed by atoms with Crippen LogP contribution in [0.15, 0.2) is 66.7 Å². The Bertz CT molecular complexity index is 1170. The van der Waals surface area contributed by atoms with Crippen LogP contribution in [0.25, 0.3) is 0 Å². The molecule has 0 aromatic heterocycles. The summed E-state index contributed by atoms with van der Waals surface area (Å²) in [6.45, 7) is 2.06. The highest BCUT2D eigenvalue weighted by atomic mass is 35.5. The van der Waals surface area contributed by atoms with Gasteiger partial charge in [0.15, 0.2) is 0 Å². The minimum absolute atomic E-state index is 0.000347. The lowest BCUT2D eigenvalue weighted by molar-refractivity contribution is -0.123. The molecule has 33 heavy (non-hydrogen) atoms. The number of carbonyl (C=O) groups excluding carboxylic acids is 2. The Morgan fingerprint density at radius 2 is 1.76 bits per heavy atom. The van der Waals surface area contributed by atoms with Crippen LogP contribution in [0.2, 0.25) is 5.02 Å². The van der Waals surface area contributed by atoms with Gasteiger partial charge in [0.05, 0.1) is 23.2 Å². The third-order valence-electron chi connectivity index (χ3n) is 5.99. The summed E-state index contributed by atoms with van der Waals surface area (Å²) in [6.07, 6.45) is 1.05. The molecule has 1 saturated heterocycles. The molecule has 0 saturated carbocycles. The van der Waals surface area contributed by atoms with Crippen LogP contribution in [-0.2, 0) is 4.79 Å². The first kappa shape index (κ1) is 22.9. The fourth-order valence-electron chi connectivity index (χ4n) is 4.43. The molecule has 4 nitrogen and oxygen atoms in total. The highest BCUT2D eigenvalue weighted by Gasteiger charge is 2.40. The highest BCUT2D eigenvalue weighted by molar-refractivity contribution is 6.30. The molecule has 4 rings (SSSR count). The summed E-state index contributed by atoms with van der Waals surface area (Å²) in [6, 6.07) is 17.0. The monoisotopic (exact) mass is 468 g/mol. The third kappa shape index (κ3) is 4.76. The number of rotatable bonds is 4. The molecule has 1 fully saturated rings. The number of nitrogens with one attached hydrogen (secondary N) is 1. The summed E-state index contributed by atoms with van der Waals surface area (Å²) in [5.41, 5.74) is 1.26. The Labute approximate surface area is 196 Å². The number of hydrogen-bond acceptors (Lipinski definition) is 2. The SMILES string of the molecule is Cc1cccc(F)c1C(=O)N1CCC[C@H](C(=O)Nc2cc(Cl)ccc2F)[C@@H]1c1ccccc1. The number of anilines is 1. The number of nitrogens with zero attached hydrogens (tertiary/aromatic N) is 1. The molecule has 1 heterocycles. The van der Waals surface area contributed by atoms with Crippen LogP contribution < -0.4 is 5.32 Å². The van der Waals surface area contributed by atoms with Gasteiger partial charge in [-0.2, -0.15) is 0 Å². The van der Waals surface area contributed by atoms with Crippen molar-refractivity contribution in [1.29, 1.82) is 0 Å². The van der Waals surface area contributed by atoms with Crippen molar-refractivity contribution in [3.8, 4) is 0 Å². The standard InChI is InChI=1S/C26H23ClF2N2O2/c1-16-7-5-11-21(29)23(16)26(33)31-14-6-10-19(24(31)17-8-3-2-4-9-17)25(32)30-22-15-18(27)12-13-20(22)28/h2-5,7-9,11-13,15,19,24H,6,10,14H2,1H3,(H,30,32)/t19-,24-/m0/s1.